The standard InChI is InChI=1S/C12H17N2O/c15-12(11-7-3-1-4-8-11)13-14-9-5-2-6-10-14/h1,3-4,7-8,12-13H,2,5-6,9-10H2. The van der Waals surface area contributed by atoms with E-state index < -0.39 is 6.23 Å². The topological polar surface area (TPSA) is 35.2 Å². The minimum atomic E-state index is -0.829. The molecule has 1 aliphatic rings. The van der Waals surface area contributed by atoms with Crippen molar-refractivity contribution in [2.24, 2.45) is 0 Å². The van der Waals surface area contributed by atoms with Crippen LogP contribution in [-0.4, -0.2) is 18.1 Å². The number of benzene rings is 1. The molecular weight excluding hydrogens is 188 g/mol. The van der Waals surface area contributed by atoms with Crippen molar-refractivity contribution in [3.05, 3.63) is 35.9 Å². The van der Waals surface area contributed by atoms with E-state index in [4.69, 9.17) is 0 Å². The molecule has 1 aliphatic heterocycles. The SMILES string of the molecule is [O]C(NN1CCCCC1)c1ccccc1. The maximum atomic E-state index is 11.8. The lowest BCUT2D eigenvalue weighted by molar-refractivity contribution is -0.0217. The molecule has 0 aliphatic carbocycles. The Hall–Kier alpha value is -0.900. The van der Waals surface area contributed by atoms with Gasteiger partial charge in [-0.25, -0.2) is 15.5 Å². The van der Waals surface area contributed by atoms with Crippen LogP contribution in [0.4, 0.5) is 0 Å². The van der Waals surface area contributed by atoms with E-state index in [1.807, 2.05) is 35.3 Å². The zero-order chi connectivity index (χ0) is 10.5. The minimum Gasteiger partial charge on any atom is -0.242 e. The average Bonchev–Trinajstić information content (AvgIpc) is 2.31. The quantitative estimate of drug-likeness (QED) is 0.767. The summed E-state index contributed by atoms with van der Waals surface area (Å²) in [5.74, 6) is 0. The molecule has 0 spiro atoms. The zero-order valence-electron chi connectivity index (χ0n) is 8.86. The first-order chi connectivity index (χ1) is 7.36. The van der Waals surface area contributed by atoms with Crippen molar-refractivity contribution in [3.8, 4) is 0 Å². The molecule has 3 nitrogen and oxygen atoms in total. The smallest absolute Gasteiger partial charge is 0.181 e. The third-order valence-corrected chi connectivity index (χ3v) is 2.76. The lowest BCUT2D eigenvalue weighted by Crippen LogP contribution is -2.43. The summed E-state index contributed by atoms with van der Waals surface area (Å²) in [6, 6.07) is 9.47. The molecule has 0 saturated carbocycles. The highest BCUT2D eigenvalue weighted by Gasteiger charge is 2.15. The molecular formula is C12H17N2O. The van der Waals surface area contributed by atoms with E-state index in [0.717, 1.165) is 18.7 Å². The summed E-state index contributed by atoms with van der Waals surface area (Å²) in [6.07, 6.45) is 2.83. The van der Waals surface area contributed by atoms with Crippen LogP contribution in [0.2, 0.25) is 0 Å². The Kier molecular flexibility index (Phi) is 3.72. The molecule has 1 aromatic carbocycles. The summed E-state index contributed by atoms with van der Waals surface area (Å²) in [5.41, 5.74) is 3.82. The fraction of sp³-hybridized carbons (Fsp3) is 0.500. The highest BCUT2D eigenvalue weighted by Crippen LogP contribution is 2.13. The van der Waals surface area contributed by atoms with Crippen LogP contribution in [-0.2, 0) is 5.11 Å². The van der Waals surface area contributed by atoms with E-state index in [-0.39, 0.29) is 0 Å². The van der Waals surface area contributed by atoms with E-state index in [0.29, 0.717) is 0 Å². The highest BCUT2D eigenvalue weighted by atomic mass is 16.3. The van der Waals surface area contributed by atoms with Crippen molar-refractivity contribution in [3.63, 3.8) is 0 Å². The first-order valence-electron chi connectivity index (χ1n) is 5.58. The van der Waals surface area contributed by atoms with Gasteiger partial charge in [-0.05, 0) is 18.4 Å². The number of rotatable bonds is 3. The van der Waals surface area contributed by atoms with Crippen molar-refractivity contribution >= 4 is 0 Å². The molecule has 1 N–H and O–H groups in total. The lowest BCUT2D eigenvalue weighted by Gasteiger charge is -2.28. The van der Waals surface area contributed by atoms with Gasteiger partial charge >= 0.3 is 0 Å². The molecule has 81 valence electrons. The van der Waals surface area contributed by atoms with Crippen molar-refractivity contribution in [2.45, 2.75) is 25.5 Å². The predicted octanol–water partition coefficient (Wildman–Crippen LogP) is 2.11. The van der Waals surface area contributed by atoms with Gasteiger partial charge in [-0.3, -0.25) is 0 Å². The van der Waals surface area contributed by atoms with Crippen LogP contribution in [0.15, 0.2) is 30.3 Å². The summed E-state index contributed by atoms with van der Waals surface area (Å²) in [5, 5.41) is 13.9. The molecule has 1 aromatic rings. The Morgan fingerprint density at radius 2 is 1.73 bits per heavy atom. The Morgan fingerprint density at radius 3 is 2.40 bits per heavy atom. The van der Waals surface area contributed by atoms with Gasteiger partial charge in [0, 0.05) is 13.1 Å². The summed E-state index contributed by atoms with van der Waals surface area (Å²) >= 11 is 0. The van der Waals surface area contributed by atoms with Gasteiger partial charge in [0.1, 0.15) is 0 Å². The maximum absolute atomic E-state index is 11.8. The maximum Gasteiger partial charge on any atom is 0.181 e. The molecule has 0 aromatic heterocycles. The van der Waals surface area contributed by atoms with Crippen LogP contribution in [0.1, 0.15) is 31.1 Å². The molecule has 15 heavy (non-hydrogen) atoms. The normalized spacial score (nSPS) is 20.1. The third-order valence-electron chi connectivity index (χ3n) is 2.76. The van der Waals surface area contributed by atoms with E-state index in [1.54, 1.807) is 0 Å². The molecule has 1 saturated heterocycles. The second-order valence-corrected chi connectivity index (χ2v) is 3.97. The molecule has 3 heteroatoms. The Bertz CT molecular complexity index is 283. The van der Waals surface area contributed by atoms with E-state index in [2.05, 4.69) is 5.43 Å². The van der Waals surface area contributed by atoms with Crippen molar-refractivity contribution in [1.82, 2.24) is 10.4 Å². The van der Waals surface area contributed by atoms with Gasteiger partial charge in [0.2, 0.25) is 0 Å². The Morgan fingerprint density at radius 1 is 1.07 bits per heavy atom. The molecule has 1 unspecified atom stereocenters. The van der Waals surface area contributed by atoms with E-state index in [9.17, 15) is 5.11 Å². The van der Waals surface area contributed by atoms with Gasteiger partial charge in [-0.2, -0.15) is 0 Å². The number of hydrogen-bond acceptors (Lipinski definition) is 2. The second kappa shape index (κ2) is 5.26. The highest BCUT2D eigenvalue weighted by molar-refractivity contribution is 5.16. The first kappa shape index (κ1) is 10.6. The summed E-state index contributed by atoms with van der Waals surface area (Å²) in [7, 11) is 0. The Balaban J connectivity index is 1.88. The summed E-state index contributed by atoms with van der Waals surface area (Å²) in [6.45, 7) is 1.98. The number of nitrogens with zero attached hydrogens (tertiary/aromatic N) is 1. The number of hydrogen-bond donors (Lipinski definition) is 1. The van der Waals surface area contributed by atoms with Crippen molar-refractivity contribution in [2.75, 3.05) is 13.1 Å². The third kappa shape index (κ3) is 3.02. The van der Waals surface area contributed by atoms with E-state index in [1.165, 1.54) is 19.3 Å². The van der Waals surface area contributed by atoms with Crippen LogP contribution in [0, 0.1) is 0 Å². The molecule has 0 bridgehead atoms. The van der Waals surface area contributed by atoms with Crippen molar-refractivity contribution < 1.29 is 5.11 Å². The molecule has 0 amide bonds. The van der Waals surface area contributed by atoms with Gasteiger partial charge in [0.05, 0.1) is 0 Å². The van der Waals surface area contributed by atoms with Crippen molar-refractivity contribution in [1.29, 1.82) is 0 Å². The zero-order valence-corrected chi connectivity index (χ0v) is 8.86. The van der Waals surface area contributed by atoms with Crippen LogP contribution in [0.5, 0.6) is 0 Å². The lowest BCUT2D eigenvalue weighted by atomic mass is 10.1. The first-order valence-corrected chi connectivity index (χ1v) is 5.58. The van der Waals surface area contributed by atoms with Gasteiger partial charge in [0.25, 0.3) is 0 Å². The van der Waals surface area contributed by atoms with Crippen LogP contribution in [0.25, 0.3) is 0 Å². The fourth-order valence-electron chi connectivity index (χ4n) is 1.89. The molecule has 1 radical (unpaired) electrons. The van der Waals surface area contributed by atoms with Crippen LogP contribution >= 0.6 is 0 Å². The minimum absolute atomic E-state index is 0.808. The number of nitrogens with one attached hydrogen (secondary N) is 1. The summed E-state index contributed by atoms with van der Waals surface area (Å²) < 4.78 is 0. The fourth-order valence-corrected chi connectivity index (χ4v) is 1.89. The second-order valence-electron chi connectivity index (χ2n) is 3.97. The van der Waals surface area contributed by atoms with Crippen LogP contribution < -0.4 is 5.43 Å². The van der Waals surface area contributed by atoms with Gasteiger partial charge in [-0.1, -0.05) is 36.8 Å². The van der Waals surface area contributed by atoms with Crippen LogP contribution in [0.3, 0.4) is 0 Å². The molecule has 1 atom stereocenters. The van der Waals surface area contributed by atoms with Gasteiger partial charge in [0.15, 0.2) is 6.23 Å². The molecule has 1 fully saturated rings. The summed E-state index contributed by atoms with van der Waals surface area (Å²) in [4.78, 5) is 0. The van der Waals surface area contributed by atoms with Gasteiger partial charge in [-0.15, -0.1) is 0 Å². The largest absolute Gasteiger partial charge is 0.242 e. The molecule has 2 rings (SSSR count). The predicted molar refractivity (Wildman–Crippen MR) is 58.4 cm³/mol. The molecule has 1 heterocycles. The average molecular weight is 205 g/mol. The van der Waals surface area contributed by atoms with Gasteiger partial charge < -0.3 is 0 Å². The van der Waals surface area contributed by atoms with E-state index >= 15 is 0 Å². The number of piperidine rings is 1. The monoisotopic (exact) mass is 205 g/mol. The number of hydrazine groups is 1. The Labute approximate surface area is 90.7 Å².